The van der Waals surface area contributed by atoms with Gasteiger partial charge in [-0.1, -0.05) is 19.3 Å². The molecule has 0 aromatic carbocycles. The molecular weight excluding hydrogens is 108 g/mol. The molecule has 0 N–H and O–H groups in total. The van der Waals surface area contributed by atoms with Gasteiger partial charge in [-0.25, -0.2) is 0 Å². The molecule has 3 atom stereocenters. The first-order valence-electron chi connectivity index (χ1n) is 4.43. The summed E-state index contributed by atoms with van der Waals surface area (Å²) in [5.74, 6) is 2.48. The monoisotopic (exact) mass is 122 g/mol. The van der Waals surface area contributed by atoms with E-state index in [2.05, 4.69) is 0 Å². The molecule has 0 amide bonds. The molecule has 0 radical (unpaired) electrons. The zero-order chi connectivity index (χ0) is 5.90. The fourth-order valence-electron chi connectivity index (χ4n) is 3.11. The summed E-state index contributed by atoms with van der Waals surface area (Å²) in [6.45, 7) is 0. The van der Waals surface area contributed by atoms with Gasteiger partial charge >= 0.3 is 0 Å². The van der Waals surface area contributed by atoms with Crippen molar-refractivity contribution in [3.05, 3.63) is 0 Å². The quantitative estimate of drug-likeness (QED) is 0.463. The smallest absolute Gasteiger partial charge is 0.0232 e. The van der Waals surface area contributed by atoms with E-state index in [1.165, 1.54) is 18.3 Å². The Labute approximate surface area is 56.6 Å². The molecule has 50 valence electrons. The Bertz CT molecular complexity index is 150. The van der Waals surface area contributed by atoms with Gasteiger partial charge < -0.3 is 0 Å². The molecule has 0 bridgehead atoms. The fraction of sp³-hybridized carbons (Fsp3) is 1.00. The third-order valence-corrected chi connectivity index (χ3v) is 3.95. The highest BCUT2D eigenvalue weighted by Crippen LogP contribution is 2.83. The van der Waals surface area contributed by atoms with Gasteiger partial charge in [0.25, 0.3) is 0 Å². The number of fused-ring (bicyclic) bond motifs is 1. The third kappa shape index (κ3) is 0.426. The van der Waals surface area contributed by atoms with Crippen LogP contribution in [-0.2, 0) is 0 Å². The van der Waals surface area contributed by atoms with Crippen molar-refractivity contribution in [2.24, 2.45) is 17.3 Å². The third-order valence-electron chi connectivity index (χ3n) is 3.95. The first-order chi connectivity index (χ1) is 4.43. The van der Waals surface area contributed by atoms with Crippen molar-refractivity contribution in [3.8, 4) is 0 Å². The summed E-state index contributed by atoms with van der Waals surface area (Å²) < 4.78 is 0. The highest BCUT2D eigenvalue weighted by Gasteiger charge is 2.76. The van der Waals surface area contributed by atoms with Gasteiger partial charge in [-0.3, -0.25) is 0 Å². The Kier molecular flexibility index (Phi) is 0.640. The molecule has 0 aliphatic heterocycles. The van der Waals surface area contributed by atoms with Crippen molar-refractivity contribution in [3.63, 3.8) is 0 Å². The molecule has 0 saturated heterocycles. The van der Waals surface area contributed by atoms with E-state index >= 15 is 0 Å². The number of hydrogen-bond donors (Lipinski definition) is 0. The van der Waals surface area contributed by atoms with Crippen molar-refractivity contribution < 1.29 is 0 Å². The Morgan fingerprint density at radius 2 is 2.00 bits per heavy atom. The van der Waals surface area contributed by atoms with Gasteiger partial charge in [0.15, 0.2) is 0 Å². The van der Waals surface area contributed by atoms with Gasteiger partial charge in [0.2, 0.25) is 0 Å². The number of rotatable bonds is 0. The summed E-state index contributed by atoms with van der Waals surface area (Å²) >= 11 is 0. The second-order valence-electron chi connectivity index (χ2n) is 4.25. The fourth-order valence-corrected chi connectivity index (χ4v) is 3.11. The molecule has 9 heavy (non-hydrogen) atoms. The average Bonchev–Trinajstić information content (AvgIpc) is 2.60. The maximum absolute atomic E-state index is 1.62. The molecule has 0 heteroatoms. The Morgan fingerprint density at radius 1 is 1.00 bits per heavy atom. The minimum Gasteiger partial charge on any atom is -0.0533 e. The lowest BCUT2D eigenvalue weighted by Gasteiger charge is -2.04. The van der Waals surface area contributed by atoms with Crippen LogP contribution in [-0.4, -0.2) is 0 Å². The van der Waals surface area contributed by atoms with Gasteiger partial charge in [0.05, 0.1) is 0 Å². The minimum atomic E-state index is 0.997. The molecule has 3 rings (SSSR count). The maximum atomic E-state index is 1.62. The Hall–Kier alpha value is 0. The molecule has 1 spiro atoms. The maximum Gasteiger partial charge on any atom is -0.0232 e. The minimum absolute atomic E-state index is 0.997. The Morgan fingerprint density at radius 3 is 2.89 bits per heavy atom. The van der Waals surface area contributed by atoms with E-state index in [4.69, 9.17) is 0 Å². The lowest BCUT2D eigenvalue weighted by Crippen LogP contribution is -1.94. The molecule has 3 aliphatic carbocycles. The molecule has 0 aromatic rings. The zero-order valence-corrected chi connectivity index (χ0v) is 5.90. The van der Waals surface area contributed by atoms with Crippen LogP contribution in [0.3, 0.4) is 0 Å². The summed E-state index contributed by atoms with van der Waals surface area (Å²) in [6.07, 6.45) is 9.44. The van der Waals surface area contributed by atoms with Crippen LogP contribution >= 0.6 is 0 Å². The summed E-state index contributed by atoms with van der Waals surface area (Å²) in [6, 6.07) is 0. The lowest BCUT2D eigenvalue weighted by atomic mass is 10.0. The SMILES string of the molecule is C1CCC2C3CC23CC1. The largest absolute Gasteiger partial charge is 0.0533 e. The van der Waals surface area contributed by atoms with Crippen LogP contribution in [0.4, 0.5) is 0 Å². The Balaban J connectivity index is 1.81. The molecule has 0 heterocycles. The van der Waals surface area contributed by atoms with E-state index in [1.54, 1.807) is 32.1 Å². The van der Waals surface area contributed by atoms with Crippen molar-refractivity contribution in [1.29, 1.82) is 0 Å². The molecule has 3 aliphatic rings. The molecule has 0 aromatic heterocycles. The van der Waals surface area contributed by atoms with Crippen molar-refractivity contribution in [2.45, 2.75) is 38.5 Å². The van der Waals surface area contributed by atoms with E-state index in [0.717, 1.165) is 5.41 Å². The topological polar surface area (TPSA) is 0 Å². The second kappa shape index (κ2) is 1.21. The molecule has 3 unspecified atom stereocenters. The molecule has 3 fully saturated rings. The van der Waals surface area contributed by atoms with Crippen molar-refractivity contribution >= 4 is 0 Å². The van der Waals surface area contributed by atoms with E-state index < -0.39 is 0 Å². The van der Waals surface area contributed by atoms with Gasteiger partial charge in [0.1, 0.15) is 0 Å². The van der Waals surface area contributed by atoms with Crippen LogP contribution in [0.1, 0.15) is 38.5 Å². The van der Waals surface area contributed by atoms with Crippen molar-refractivity contribution in [1.82, 2.24) is 0 Å². The van der Waals surface area contributed by atoms with Crippen LogP contribution in [0.15, 0.2) is 0 Å². The normalized spacial score (nSPS) is 61.3. The van der Waals surface area contributed by atoms with Crippen LogP contribution in [0, 0.1) is 17.3 Å². The molecule has 3 saturated carbocycles. The van der Waals surface area contributed by atoms with E-state index in [0.29, 0.717) is 0 Å². The standard InChI is InChI=1S/C9H14/c1-2-4-7-8-6-9(7,8)5-3-1/h7-8H,1-6H2. The zero-order valence-electron chi connectivity index (χ0n) is 5.90. The van der Waals surface area contributed by atoms with Crippen LogP contribution in [0.25, 0.3) is 0 Å². The average molecular weight is 122 g/mol. The van der Waals surface area contributed by atoms with Gasteiger partial charge in [-0.15, -0.1) is 0 Å². The van der Waals surface area contributed by atoms with Crippen LogP contribution in [0.2, 0.25) is 0 Å². The van der Waals surface area contributed by atoms with Gasteiger partial charge in [-0.05, 0) is 36.5 Å². The van der Waals surface area contributed by atoms with Crippen LogP contribution < -0.4 is 0 Å². The van der Waals surface area contributed by atoms with Crippen molar-refractivity contribution in [2.75, 3.05) is 0 Å². The predicted octanol–water partition coefficient (Wildman–Crippen LogP) is 2.59. The van der Waals surface area contributed by atoms with Crippen LogP contribution in [0.5, 0.6) is 0 Å². The number of hydrogen-bond acceptors (Lipinski definition) is 0. The van der Waals surface area contributed by atoms with Gasteiger partial charge in [-0.2, -0.15) is 0 Å². The molecular formula is C9H14. The first-order valence-corrected chi connectivity index (χ1v) is 4.43. The summed E-state index contributed by atoms with van der Waals surface area (Å²) in [5.41, 5.74) is 0.997. The molecule has 0 nitrogen and oxygen atoms in total. The summed E-state index contributed by atoms with van der Waals surface area (Å²) in [7, 11) is 0. The first kappa shape index (κ1) is 4.76. The summed E-state index contributed by atoms with van der Waals surface area (Å²) in [5, 5.41) is 0. The lowest BCUT2D eigenvalue weighted by molar-refractivity contribution is 0.463. The summed E-state index contributed by atoms with van der Waals surface area (Å²) in [4.78, 5) is 0. The predicted molar refractivity (Wildman–Crippen MR) is 37.1 cm³/mol. The second-order valence-corrected chi connectivity index (χ2v) is 4.25. The highest BCUT2D eigenvalue weighted by molar-refractivity contribution is 5.25. The van der Waals surface area contributed by atoms with E-state index in [9.17, 15) is 0 Å². The highest BCUT2D eigenvalue weighted by atomic mass is 14.8. The van der Waals surface area contributed by atoms with E-state index in [-0.39, 0.29) is 0 Å². The van der Waals surface area contributed by atoms with E-state index in [1.807, 2.05) is 0 Å². The van der Waals surface area contributed by atoms with Gasteiger partial charge in [0, 0.05) is 0 Å².